The lowest BCUT2D eigenvalue weighted by Crippen LogP contribution is -2.09. The molecule has 0 amide bonds. The van der Waals surface area contributed by atoms with E-state index in [4.69, 9.17) is 17.3 Å². The molecule has 18 heavy (non-hydrogen) atoms. The van der Waals surface area contributed by atoms with Crippen LogP contribution in [0.2, 0.25) is 5.02 Å². The number of aryl methyl sites for hydroxylation is 1. The Kier molecular flexibility index (Phi) is 3.93. The number of rotatable bonds is 4. The number of benzene rings is 1. The second-order valence-corrected chi connectivity index (χ2v) is 5.70. The number of aromatic nitrogens is 4. The summed E-state index contributed by atoms with van der Waals surface area (Å²) in [6, 6.07) is 5.21. The molecule has 2 N–H and O–H groups in total. The van der Waals surface area contributed by atoms with Crippen LogP contribution in [0.1, 0.15) is 0 Å². The minimum atomic E-state index is -0.885. The third kappa shape index (κ3) is 2.85. The van der Waals surface area contributed by atoms with Crippen molar-refractivity contribution in [2.45, 2.75) is 6.54 Å². The monoisotopic (exact) mass is 285 g/mol. The van der Waals surface area contributed by atoms with Crippen LogP contribution in [0.4, 0.5) is 5.69 Å². The van der Waals surface area contributed by atoms with Crippen molar-refractivity contribution >= 4 is 28.1 Å². The summed E-state index contributed by atoms with van der Waals surface area (Å²) in [6.45, 7) is 0.493. The van der Waals surface area contributed by atoms with Crippen LogP contribution in [-0.2, 0) is 17.3 Å². The molecule has 1 aromatic carbocycles. The second kappa shape index (κ2) is 5.45. The van der Waals surface area contributed by atoms with Crippen molar-refractivity contribution in [2.75, 3.05) is 17.7 Å². The topological polar surface area (TPSA) is 86.7 Å². The van der Waals surface area contributed by atoms with E-state index in [0.29, 0.717) is 28.8 Å². The molecule has 2 rings (SSSR count). The first kappa shape index (κ1) is 13.0. The lowest BCUT2D eigenvalue weighted by molar-refractivity contribution is 0.625. The lowest BCUT2D eigenvalue weighted by Gasteiger charge is -2.05. The van der Waals surface area contributed by atoms with E-state index in [9.17, 15) is 4.21 Å². The van der Waals surface area contributed by atoms with E-state index in [1.807, 2.05) is 0 Å². The van der Waals surface area contributed by atoms with E-state index in [0.717, 1.165) is 5.56 Å². The zero-order valence-electron chi connectivity index (χ0n) is 9.71. The van der Waals surface area contributed by atoms with Crippen LogP contribution in [0.15, 0.2) is 18.2 Å². The number of hydrogen-bond acceptors (Lipinski definition) is 5. The Balaban J connectivity index is 2.30. The first-order valence-electron chi connectivity index (χ1n) is 5.19. The van der Waals surface area contributed by atoms with Gasteiger partial charge in [0.25, 0.3) is 0 Å². The SMILES string of the molecule is CS(=O)CCn1nnnc1-c1ccc(N)c(Cl)c1. The molecule has 0 fully saturated rings. The van der Waals surface area contributed by atoms with Gasteiger partial charge < -0.3 is 5.73 Å². The highest BCUT2D eigenvalue weighted by molar-refractivity contribution is 7.84. The van der Waals surface area contributed by atoms with Crippen LogP contribution in [-0.4, -0.2) is 36.4 Å². The standard InChI is InChI=1S/C10H12ClN5OS/c1-18(17)5-4-16-10(13-14-15-16)7-2-3-9(12)8(11)6-7/h2-3,6H,4-5,12H2,1H3. The predicted octanol–water partition coefficient (Wildman–Crippen LogP) is 0.954. The molecule has 1 unspecified atom stereocenters. The molecule has 0 saturated heterocycles. The first-order chi connectivity index (χ1) is 8.58. The maximum absolute atomic E-state index is 11.1. The summed E-state index contributed by atoms with van der Waals surface area (Å²) in [5.74, 6) is 1.09. The summed E-state index contributed by atoms with van der Waals surface area (Å²) >= 11 is 5.96. The van der Waals surface area contributed by atoms with Crippen molar-refractivity contribution in [1.82, 2.24) is 20.2 Å². The van der Waals surface area contributed by atoms with Crippen LogP contribution in [0.5, 0.6) is 0 Å². The van der Waals surface area contributed by atoms with Gasteiger partial charge in [-0.15, -0.1) is 5.10 Å². The number of nitrogens with two attached hydrogens (primary N) is 1. The Labute approximate surface area is 112 Å². The fourth-order valence-electron chi connectivity index (χ4n) is 1.44. The minimum Gasteiger partial charge on any atom is -0.398 e. The Morgan fingerprint density at radius 2 is 2.28 bits per heavy atom. The van der Waals surface area contributed by atoms with Gasteiger partial charge in [-0.2, -0.15) is 0 Å². The highest BCUT2D eigenvalue weighted by Gasteiger charge is 2.10. The minimum absolute atomic E-state index is 0.459. The van der Waals surface area contributed by atoms with Crippen molar-refractivity contribution in [3.63, 3.8) is 0 Å². The first-order valence-corrected chi connectivity index (χ1v) is 7.30. The summed E-state index contributed by atoms with van der Waals surface area (Å²) in [7, 11) is -0.885. The van der Waals surface area contributed by atoms with E-state index >= 15 is 0 Å². The zero-order chi connectivity index (χ0) is 13.1. The van der Waals surface area contributed by atoms with E-state index in [2.05, 4.69) is 15.5 Å². The molecule has 0 aliphatic heterocycles. The van der Waals surface area contributed by atoms with E-state index < -0.39 is 10.8 Å². The molecule has 8 heteroatoms. The molecule has 1 aromatic heterocycles. The Hall–Kier alpha value is -1.47. The van der Waals surface area contributed by atoms with Gasteiger partial charge in [-0.05, 0) is 28.6 Å². The number of nitrogen functional groups attached to an aromatic ring is 1. The summed E-state index contributed by atoms with van der Waals surface area (Å²) < 4.78 is 12.7. The van der Waals surface area contributed by atoms with Crippen molar-refractivity contribution in [2.24, 2.45) is 0 Å². The third-order valence-corrected chi connectivity index (χ3v) is 3.47. The molecule has 0 aliphatic rings. The van der Waals surface area contributed by atoms with Gasteiger partial charge in [0.2, 0.25) is 0 Å². The number of halogens is 1. The molecule has 0 radical (unpaired) electrons. The van der Waals surface area contributed by atoms with Crippen LogP contribution < -0.4 is 5.73 Å². The number of anilines is 1. The molecule has 0 spiro atoms. The van der Waals surface area contributed by atoms with Crippen LogP contribution >= 0.6 is 11.6 Å². The molecule has 0 aliphatic carbocycles. The van der Waals surface area contributed by atoms with Gasteiger partial charge in [-0.3, -0.25) is 4.21 Å². The van der Waals surface area contributed by atoms with Gasteiger partial charge in [-0.1, -0.05) is 11.6 Å². The maximum Gasteiger partial charge on any atom is 0.182 e. The molecule has 2 aromatic rings. The van der Waals surface area contributed by atoms with Gasteiger partial charge in [0.15, 0.2) is 5.82 Å². The summed E-state index contributed by atoms with van der Waals surface area (Å²) in [5.41, 5.74) is 6.94. The molecular weight excluding hydrogens is 274 g/mol. The van der Waals surface area contributed by atoms with Crippen LogP contribution in [0.25, 0.3) is 11.4 Å². The van der Waals surface area contributed by atoms with Gasteiger partial charge in [0.1, 0.15) is 0 Å². The number of nitrogens with zero attached hydrogens (tertiary/aromatic N) is 4. The molecule has 96 valence electrons. The second-order valence-electron chi connectivity index (χ2n) is 3.74. The number of hydrogen-bond donors (Lipinski definition) is 1. The zero-order valence-corrected chi connectivity index (χ0v) is 11.3. The van der Waals surface area contributed by atoms with Crippen molar-refractivity contribution < 1.29 is 4.21 Å². The van der Waals surface area contributed by atoms with Crippen molar-refractivity contribution in [3.05, 3.63) is 23.2 Å². The third-order valence-electron chi connectivity index (χ3n) is 2.38. The molecule has 0 bridgehead atoms. The quantitative estimate of drug-likeness (QED) is 0.845. The molecule has 0 saturated carbocycles. The Morgan fingerprint density at radius 3 is 2.94 bits per heavy atom. The molecule has 1 atom stereocenters. The highest BCUT2D eigenvalue weighted by Crippen LogP contribution is 2.25. The van der Waals surface area contributed by atoms with E-state index in [-0.39, 0.29) is 0 Å². The van der Waals surface area contributed by atoms with Crippen LogP contribution in [0, 0.1) is 0 Å². The average Bonchev–Trinajstić information content (AvgIpc) is 2.78. The fraction of sp³-hybridized carbons (Fsp3) is 0.300. The highest BCUT2D eigenvalue weighted by atomic mass is 35.5. The normalized spacial score (nSPS) is 12.6. The summed E-state index contributed by atoms with van der Waals surface area (Å²) in [6.07, 6.45) is 1.64. The predicted molar refractivity (Wildman–Crippen MR) is 71.6 cm³/mol. The van der Waals surface area contributed by atoms with Gasteiger partial charge in [-0.25, -0.2) is 4.68 Å². The van der Waals surface area contributed by atoms with Crippen molar-refractivity contribution in [1.29, 1.82) is 0 Å². The number of tetrazole rings is 1. The van der Waals surface area contributed by atoms with Gasteiger partial charge in [0, 0.05) is 28.4 Å². The van der Waals surface area contributed by atoms with Gasteiger partial charge in [0.05, 0.1) is 17.3 Å². The fourth-order valence-corrected chi connectivity index (χ4v) is 2.05. The average molecular weight is 286 g/mol. The van der Waals surface area contributed by atoms with Crippen molar-refractivity contribution in [3.8, 4) is 11.4 Å². The molecular formula is C10H12ClN5OS. The molecule has 1 heterocycles. The largest absolute Gasteiger partial charge is 0.398 e. The van der Waals surface area contributed by atoms with E-state index in [1.54, 1.807) is 29.1 Å². The summed E-state index contributed by atoms with van der Waals surface area (Å²) in [5, 5.41) is 11.9. The summed E-state index contributed by atoms with van der Waals surface area (Å²) in [4.78, 5) is 0. The van der Waals surface area contributed by atoms with Gasteiger partial charge >= 0.3 is 0 Å². The Bertz CT molecular complexity index is 585. The maximum atomic E-state index is 11.1. The van der Waals surface area contributed by atoms with E-state index in [1.165, 1.54) is 0 Å². The Morgan fingerprint density at radius 1 is 1.50 bits per heavy atom. The smallest absolute Gasteiger partial charge is 0.182 e. The molecule has 6 nitrogen and oxygen atoms in total. The lowest BCUT2D eigenvalue weighted by atomic mass is 10.2. The van der Waals surface area contributed by atoms with Crippen LogP contribution in [0.3, 0.4) is 0 Å².